The fourth-order valence-corrected chi connectivity index (χ4v) is 2.40. The molecule has 0 fully saturated rings. The summed E-state index contributed by atoms with van der Waals surface area (Å²) in [6.45, 7) is 15.2. The lowest BCUT2D eigenvalue weighted by Crippen LogP contribution is -2.18. The maximum Gasteiger partial charge on any atom is 0.0727 e. The number of ether oxygens (including phenoxy) is 1. The van der Waals surface area contributed by atoms with Gasteiger partial charge >= 0.3 is 0 Å². The lowest BCUT2D eigenvalue weighted by atomic mass is 9.77. The molecule has 1 aliphatic heterocycles. The Morgan fingerprint density at radius 2 is 1.53 bits per heavy atom. The zero-order valence-corrected chi connectivity index (χ0v) is 12.0. The Kier molecular flexibility index (Phi) is 2.86. The van der Waals surface area contributed by atoms with Crippen molar-refractivity contribution in [1.82, 2.24) is 0 Å². The fourth-order valence-electron chi connectivity index (χ4n) is 2.40. The number of rotatable bonds is 0. The van der Waals surface area contributed by atoms with Crippen LogP contribution in [-0.2, 0) is 28.8 Å². The molecule has 0 atom stereocenters. The molecule has 1 aliphatic rings. The molecule has 0 saturated carbocycles. The third-order valence-electron chi connectivity index (χ3n) is 3.52. The molecule has 1 aromatic rings. The standard InChI is InChI=1S/C16H24O/c1-15(2,3)12-7-11-9-17-10-13(11)14(8-12)16(4,5)6/h7-8H,9-10H2,1-6H3. The zero-order chi connectivity index (χ0) is 12.8. The lowest BCUT2D eigenvalue weighted by molar-refractivity contribution is 0.134. The van der Waals surface area contributed by atoms with Crippen molar-refractivity contribution in [3.05, 3.63) is 34.4 Å². The minimum Gasteiger partial charge on any atom is -0.372 e. The molecule has 0 spiro atoms. The van der Waals surface area contributed by atoms with Gasteiger partial charge < -0.3 is 4.74 Å². The molecule has 1 aromatic carbocycles. The quantitative estimate of drug-likeness (QED) is 0.647. The third-order valence-corrected chi connectivity index (χ3v) is 3.52. The van der Waals surface area contributed by atoms with Crippen LogP contribution >= 0.6 is 0 Å². The fraction of sp³-hybridized carbons (Fsp3) is 0.625. The molecular formula is C16H24O. The summed E-state index contributed by atoms with van der Waals surface area (Å²) in [6, 6.07) is 4.71. The summed E-state index contributed by atoms with van der Waals surface area (Å²) in [5, 5.41) is 0. The molecule has 1 heteroatoms. The summed E-state index contributed by atoms with van der Waals surface area (Å²) in [5.74, 6) is 0. The molecule has 0 amide bonds. The summed E-state index contributed by atoms with van der Waals surface area (Å²) in [7, 11) is 0. The van der Waals surface area contributed by atoms with Gasteiger partial charge in [-0.15, -0.1) is 0 Å². The van der Waals surface area contributed by atoms with E-state index in [2.05, 4.69) is 53.7 Å². The Balaban J connectivity index is 2.62. The maximum atomic E-state index is 5.62. The number of benzene rings is 1. The van der Waals surface area contributed by atoms with Gasteiger partial charge in [0.1, 0.15) is 0 Å². The van der Waals surface area contributed by atoms with Crippen LogP contribution in [0.3, 0.4) is 0 Å². The summed E-state index contributed by atoms with van der Waals surface area (Å²) in [5.41, 5.74) is 6.09. The molecule has 0 bridgehead atoms. The van der Waals surface area contributed by atoms with E-state index in [4.69, 9.17) is 4.74 Å². The van der Waals surface area contributed by atoms with E-state index in [0.29, 0.717) is 0 Å². The Morgan fingerprint density at radius 3 is 2.06 bits per heavy atom. The van der Waals surface area contributed by atoms with Crippen molar-refractivity contribution in [3.63, 3.8) is 0 Å². The second-order valence-corrected chi connectivity index (χ2v) is 7.15. The Labute approximate surface area is 105 Å². The van der Waals surface area contributed by atoms with Gasteiger partial charge in [-0.1, -0.05) is 53.7 Å². The van der Waals surface area contributed by atoms with Crippen LogP contribution in [0, 0.1) is 0 Å². The van der Waals surface area contributed by atoms with Crippen LogP contribution in [0.4, 0.5) is 0 Å². The predicted molar refractivity (Wildman–Crippen MR) is 72.3 cm³/mol. The van der Waals surface area contributed by atoms with E-state index in [1.165, 1.54) is 22.3 Å². The molecule has 1 heterocycles. The molecule has 0 aromatic heterocycles. The first-order valence-corrected chi connectivity index (χ1v) is 6.44. The molecule has 17 heavy (non-hydrogen) atoms. The van der Waals surface area contributed by atoms with Crippen molar-refractivity contribution in [2.75, 3.05) is 0 Å². The highest BCUT2D eigenvalue weighted by atomic mass is 16.5. The van der Waals surface area contributed by atoms with Gasteiger partial charge in [-0.2, -0.15) is 0 Å². The predicted octanol–water partition coefficient (Wildman–Crippen LogP) is 4.31. The van der Waals surface area contributed by atoms with E-state index in [9.17, 15) is 0 Å². The van der Waals surface area contributed by atoms with Gasteiger partial charge in [-0.25, -0.2) is 0 Å². The monoisotopic (exact) mass is 232 g/mol. The average molecular weight is 232 g/mol. The van der Waals surface area contributed by atoms with Gasteiger partial charge in [0.25, 0.3) is 0 Å². The van der Waals surface area contributed by atoms with E-state index in [0.717, 1.165) is 13.2 Å². The van der Waals surface area contributed by atoms with Gasteiger partial charge in [0, 0.05) is 0 Å². The van der Waals surface area contributed by atoms with E-state index < -0.39 is 0 Å². The minimum absolute atomic E-state index is 0.193. The highest BCUT2D eigenvalue weighted by Crippen LogP contribution is 2.36. The van der Waals surface area contributed by atoms with Gasteiger partial charge in [-0.3, -0.25) is 0 Å². The van der Waals surface area contributed by atoms with Gasteiger partial charge in [-0.05, 0) is 33.1 Å². The average Bonchev–Trinajstić information content (AvgIpc) is 2.59. The molecular weight excluding hydrogens is 208 g/mol. The number of hydrogen-bond donors (Lipinski definition) is 0. The maximum absolute atomic E-state index is 5.62. The van der Waals surface area contributed by atoms with Crippen LogP contribution in [0.25, 0.3) is 0 Å². The Bertz CT molecular complexity index is 430. The second-order valence-electron chi connectivity index (χ2n) is 7.15. The van der Waals surface area contributed by atoms with Crippen LogP contribution in [0.2, 0.25) is 0 Å². The molecule has 0 radical (unpaired) electrons. The molecule has 94 valence electrons. The molecule has 0 aliphatic carbocycles. The summed E-state index contributed by atoms with van der Waals surface area (Å²) in [4.78, 5) is 0. The summed E-state index contributed by atoms with van der Waals surface area (Å²) >= 11 is 0. The van der Waals surface area contributed by atoms with E-state index in [1.54, 1.807) is 0 Å². The lowest BCUT2D eigenvalue weighted by Gasteiger charge is -2.27. The van der Waals surface area contributed by atoms with E-state index >= 15 is 0 Å². The van der Waals surface area contributed by atoms with E-state index in [1.807, 2.05) is 0 Å². The Hall–Kier alpha value is -0.820. The van der Waals surface area contributed by atoms with Crippen LogP contribution in [0.1, 0.15) is 63.8 Å². The van der Waals surface area contributed by atoms with Crippen molar-refractivity contribution in [2.24, 2.45) is 0 Å². The number of fused-ring (bicyclic) bond motifs is 1. The van der Waals surface area contributed by atoms with Crippen molar-refractivity contribution >= 4 is 0 Å². The van der Waals surface area contributed by atoms with Gasteiger partial charge in [0.2, 0.25) is 0 Å². The minimum atomic E-state index is 0.193. The molecule has 0 unspecified atom stereocenters. The SMILES string of the molecule is CC(C)(C)c1cc2c(c(C(C)(C)C)c1)COC2. The smallest absolute Gasteiger partial charge is 0.0727 e. The molecule has 0 N–H and O–H groups in total. The van der Waals surface area contributed by atoms with Crippen molar-refractivity contribution in [1.29, 1.82) is 0 Å². The number of hydrogen-bond acceptors (Lipinski definition) is 1. The second kappa shape index (κ2) is 3.84. The summed E-state index contributed by atoms with van der Waals surface area (Å²) in [6.07, 6.45) is 0. The highest BCUT2D eigenvalue weighted by molar-refractivity contribution is 5.45. The van der Waals surface area contributed by atoms with Crippen molar-refractivity contribution < 1.29 is 4.74 Å². The first kappa shape index (κ1) is 12.6. The van der Waals surface area contributed by atoms with Crippen LogP contribution in [0.5, 0.6) is 0 Å². The molecule has 0 saturated heterocycles. The van der Waals surface area contributed by atoms with Gasteiger partial charge in [0.05, 0.1) is 13.2 Å². The zero-order valence-electron chi connectivity index (χ0n) is 12.0. The molecule has 1 nitrogen and oxygen atoms in total. The van der Waals surface area contributed by atoms with Crippen LogP contribution in [0.15, 0.2) is 12.1 Å². The topological polar surface area (TPSA) is 9.23 Å². The highest BCUT2D eigenvalue weighted by Gasteiger charge is 2.26. The first-order chi connectivity index (χ1) is 7.69. The van der Waals surface area contributed by atoms with Crippen LogP contribution in [-0.4, -0.2) is 0 Å². The van der Waals surface area contributed by atoms with E-state index in [-0.39, 0.29) is 10.8 Å². The van der Waals surface area contributed by atoms with Crippen molar-refractivity contribution in [3.8, 4) is 0 Å². The largest absolute Gasteiger partial charge is 0.372 e. The van der Waals surface area contributed by atoms with Gasteiger partial charge in [0.15, 0.2) is 0 Å². The Morgan fingerprint density at radius 1 is 0.882 bits per heavy atom. The normalized spacial score (nSPS) is 16.1. The molecule has 2 rings (SSSR count). The van der Waals surface area contributed by atoms with Crippen molar-refractivity contribution in [2.45, 2.75) is 65.6 Å². The first-order valence-electron chi connectivity index (χ1n) is 6.44. The summed E-state index contributed by atoms with van der Waals surface area (Å²) < 4.78 is 5.62. The van der Waals surface area contributed by atoms with Crippen LogP contribution < -0.4 is 0 Å². The third kappa shape index (κ3) is 2.40.